The number of nitrogens with zero attached hydrogens (tertiary/aromatic N) is 1. The summed E-state index contributed by atoms with van der Waals surface area (Å²) in [5.41, 5.74) is 1.53. The molecule has 4 aromatic rings. The van der Waals surface area contributed by atoms with E-state index in [1.54, 1.807) is 36.4 Å². The highest BCUT2D eigenvalue weighted by atomic mass is 19.1. The summed E-state index contributed by atoms with van der Waals surface area (Å²) >= 11 is 0. The fraction of sp³-hybridized carbons (Fsp3) is 0.0455. The van der Waals surface area contributed by atoms with Gasteiger partial charge in [0.05, 0.1) is 10.5 Å². The highest BCUT2D eigenvalue weighted by molar-refractivity contribution is 5.82. The van der Waals surface area contributed by atoms with Gasteiger partial charge in [-0.3, -0.25) is 10.1 Å². The Morgan fingerprint density at radius 3 is 2.38 bits per heavy atom. The summed E-state index contributed by atoms with van der Waals surface area (Å²) in [7, 11) is 0. The van der Waals surface area contributed by atoms with Gasteiger partial charge in [0, 0.05) is 23.6 Å². The smallest absolute Gasteiger partial charge is 0.344 e. The zero-order chi connectivity index (χ0) is 20.4. The summed E-state index contributed by atoms with van der Waals surface area (Å²) in [5, 5.41) is 11.4. The maximum absolute atomic E-state index is 13.1. The Balaban J connectivity index is 1.56. The lowest BCUT2D eigenvalue weighted by atomic mass is 10.1. The summed E-state index contributed by atoms with van der Waals surface area (Å²) in [5.74, 6) is 0.113. The second-order valence-corrected chi connectivity index (χ2v) is 6.37. The molecule has 1 aromatic heterocycles. The molecular weight excluding hydrogens is 377 g/mol. The average Bonchev–Trinajstić information content (AvgIpc) is 2.72. The van der Waals surface area contributed by atoms with Crippen LogP contribution in [-0.4, -0.2) is 4.92 Å². The van der Waals surface area contributed by atoms with E-state index in [4.69, 9.17) is 9.15 Å². The molecule has 0 amide bonds. The normalized spacial score (nSPS) is 10.8. The molecule has 0 spiro atoms. The number of ether oxygens (including phenoxy) is 1. The summed E-state index contributed by atoms with van der Waals surface area (Å²) in [6, 6.07) is 18.5. The minimum Gasteiger partial charge on any atom is -0.489 e. The molecule has 0 aliphatic heterocycles. The van der Waals surface area contributed by atoms with Crippen molar-refractivity contribution in [1.82, 2.24) is 0 Å². The Morgan fingerprint density at radius 1 is 0.966 bits per heavy atom. The lowest BCUT2D eigenvalue weighted by Crippen LogP contribution is -2.03. The van der Waals surface area contributed by atoms with Gasteiger partial charge in [-0.05, 0) is 53.6 Å². The first-order valence-electron chi connectivity index (χ1n) is 8.69. The third-order valence-corrected chi connectivity index (χ3v) is 4.42. The highest BCUT2D eigenvalue weighted by Crippen LogP contribution is 2.25. The molecule has 0 fully saturated rings. The van der Waals surface area contributed by atoms with Crippen molar-refractivity contribution in [3.8, 4) is 16.9 Å². The van der Waals surface area contributed by atoms with Gasteiger partial charge in [-0.25, -0.2) is 9.18 Å². The van der Waals surface area contributed by atoms with Crippen molar-refractivity contribution in [2.75, 3.05) is 0 Å². The van der Waals surface area contributed by atoms with Gasteiger partial charge in [0.25, 0.3) is 5.69 Å². The molecule has 0 atom stereocenters. The maximum Gasteiger partial charge on any atom is 0.344 e. The molecule has 0 radical (unpaired) electrons. The largest absolute Gasteiger partial charge is 0.489 e. The van der Waals surface area contributed by atoms with E-state index in [2.05, 4.69) is 0 Å². The second-order valence-electron chi connectivity index (χ2n) is 6.37. The average molecular weight is 391 g/mol. The van der Waals surface area contributed by atoms with Gasteiger partial charge in [0.1, 0.15) is 23.8 Å². The van der Waals surface area contributed by atoms with Crippen LogP contribution in [0.25, 0.3) is 22.1 Å². The van der Waals surface area contributed by atoms with Crippen LogP contribution in [0.1, 0.15) is 5.56 Å². The minimum atomic E-state index is -0.531. The predicted octanol–water partition coefficient (Wildman–Crippen LogP) is 5.09. The van der Waals surface area contributed by atoms with E-state index in [1.165, 1.54) is 36.4 Å². The number of hydrogen-bond acceptors (Lipinski definition) is 5. The van der Waals surface area contributed by atoms with Crippen LogP contribution < -0.4 is 10.4 Å². The fourth-order valence-electron chi connectivity index (χ4n) is 2.89. The number of rotatable bonds is 5. The SMILES string of the molecule is O=c1oc2cc(OCc3ccc([N+](=O)[O-])cc3)ccc2cc1-c1ccc(F)cc1. The number of nitro benzene ring substituents is 1. The van der Waals surface area contributed by atoms with E-state index in [0.717, 1.165) is 5.56 Å². The first-order chi connectivity index (χ1) is 14.0. The molecule has 3 aromatic carbocycles. The van der Waals surface area contributed by atoms with Crippen molar-refractivity contribution >= 4 is 16.7 Å². The van der Waals surface area contributed by atoms with Gasteiger partial charge in [0.15, 0.2) is 0 Å². The number of non-ortho nitro benzene ring substituents is 1. The van der Waals surface area contributed by atoms with Gasteiger partial charge < -0.3 is 9.15 Å². The van der Waals surface area contributed by atoms with Crippen LogP contribution in [-0.2, 0) is 6.61 Å². The lowest BCUT2D eigenvalue weighted by Gasteiger charge is -2.08. The Hall–Kier alpha value is -4.00. The van der Waals surface area contributed by atoms with Crippen LogP contribution in [0.4, 0.5) is 10.1 Å². The molecule has 4 rings (SSSR count). The van der Waals surface area contributed by atoms with E-state index in [9.17, 15) is 19.3 Å². The summed E-state index contributed by atoms with van der Waals surface area (Å²) in [6.07, 6.45) is 0. The minimum absolute atomic E-state index is 0.0122. The van der Waals surface area contributed by atoms with Gasteiger partial charge in [0.2, 0.25) is 0 Å². The summed E-state index contributed by atoms with van der Waals surface area (Å²) in [6.45, 7) is 0.210. The Morgan fingerprint density at radius 2 is 1.69 bits per heavy atom. The topological polar surface area (TPSA) is 82.6 Å². The molecule has 0 saturated carbocycles. The Kier molecular flexibility index (Phi) is 4.78. The predicted molar refractivity (Wildman–Crippen MR) is 105 cm³/mol. The summed E-state index contributed by atoms with van der Waals surface area (Å²) in [4.78, 5) is 22.6. The van der Waals surface area contributed by atoms with Crippen molar-refractivity contribution in [2.45, 2.75) is 6.61 Å². The Labute approximate surface area is 163 Å². The van der Waals surface area contributed by atoms with E-state index in [-0.39, 0.29) is 18.1 Å². The molecule has 0 saturated heterocycles. The lowest BCUT2D eigenvalue weighted by molar-refractivity contribution is -0.384. The molecule has 6 nitrogen and oxygen atoms in total. The van der Waals surface area contributed by atoms with E-state index >= 15 is 0 Å². The van der Waals surface area contributed by atoms with Crippen molar-refractivity contribution in [2.24, 2.45) is 0 Å². The van der Waals surface area contributed by atoms with Gasteiger partial charge in [-0.15, -0.1) is 0 Å². The van der Waals surface area contributed by atoms with E-state index in [1.807, 2.05) is 0 Å². The third kappa shape index (κ3) is 3.98. The fourth-order valence-corrected chi connectivity index (χ4v) is 2.89. The molecule has 0 N–H and O–H groups in total. The molecule has 1 heterocycles. The van der Waals surface area contributed by atoms with Gasteiger partial charge in [-0.1, -0.05) is 12.1 Å². The van der Waals surface area contributed by atoms with Crippen LogP contribution in [0.2, 0.25) is 0 Å². The van der Waals surface area contributed by atoms with Crippen LogP contribution in [0.5, 0.6) is 5.75 Å². The van der Waals surface area contributed by atoms with Crippen LogP contribution >= 0.6 is 0 Å². The van der Waals surface area contributed by atoms with Crippen LogP contribution in [0, 0.1) is 15.9 Å². The molecule has 7 heteroatoms. The number of halogens is 1. The van der Waals surface area contributed by atoms with Crippen molar-refractivity contribution < 1.29 is 18.5 Å². The standard InChI is InChI=1S/C22H14FNO5/c23-17-6-3-15(4-7-17)20-11-16-5-10-19(12-21(16)29-22(20)25)28-13-14-1-8-18(9-2-14)24(26)27/h1-12H,13H2. The highest BCUT2D eigenvalue weighted by Gasteiger charge is 2.10. The molecular formula is C22H14FNO5. The number of nitro groups is 1. The number of benzene rings is 3. The number of fused-ring (bicyclic) bond motifs is 1. The van der Waals surface area contributed by atoms with E-state index in [0.29, 0.717) is 27.8 Å². The van der Waals surface area contributed by atoms with Gasteiger partial charge >= 0.3 is 5.63 Å². The molecule has 0 aliphatic rings. The first-order valence-corrected chi connectivity index (χ1v) is 8.69. The quantitative estimate of drug-likeness (QED) is 0.269. The zero-order valence-electron chi connectivity index (χ0n) is 15.0. The van der Waals surface area contributed by atoms with Crippen molar-refractivity contribution in [1.29, 1.82) is 0 Å². The molecule has 29 heavy (non-hydrogen) atoms. The van der Waals surface area contributed by atoms with Crippen molar-refractivity contribution in [3.05, 3.63) is 105 Å². The van der Waals surface area contributed by atoms with Crippen molar-refractivity contribution in [3.63, 3.8) is 0 Å². The maximum atomic E-state index is 13.1. The second kappa shape index (κ2) is 7.55. The molecule has 0 aliphatic carbocycles. The first kappa shape index (κ1) is 18.4. The van der Waals surface area contributed by atoms with Crippen LogP contribution in [0.15, 0.2) is 82.0 Å². The molecule has 0 unspecified atom stereocenters. The number of hydrogen-bond donors (Lipinski definition) is 0. The molecule has 0 bridgehead atoms. The van der Waals surface area contributed by atoms with E-state index < -0.39 is 10.5 Å². The Bertz CT molecular complexity index is 1250. The summed E-state index contributed by atoms with van der Waals surface area (Å²) < 4.78 is 24.2. The monoisotopic (exact) mass is 391 g/mol. The third-order valence-electron chi connectivity index (χ3n) is 4.42. The van der Waals surface area contributed by atoms with Crippen LogP contribution in [0.3, 0.4) is 0 Å². The molecule has 144 valence electrons. The van der Waals surface area contributed by atoms with Gasteiger partial charge in [-0.2, -0.15) is 0 Å². The zero-order valence-corrected chi connectivity index (χ0v) is 15.0.